The van der Waals surface area contributed by atoms with Gasteiger partial charge in [0.05, 0.1) is 6.54 Å². The van der Waals surface area contributed by atoms with Crippen LogP contribution < -0.4 is 5.73 Å². The van der Waals surface area contributed by atoms with Crippen LogP contribution in [0.15, 0.2) is 42.5 Å². The maximum Gasteiger partial charge on any atom is 0.251 e. The van der Waals surface area contributed by atoms with Crippen molar-refractivity contribution in [2.24, 2.45) is 11.7 Å². The molecule has 2 bridgehead atoms. The van der Waals surface area contributed by atoms with Gasteiger partial charge in [0.2, 0.25) is 5.91 Å². The van der Waals surface area contributed by atoms with Gasteiger partial charge in [0.25, 0.3) is 5.91 Å². The molecule has 2 aromatic rings. The molecule has 6 nitrogen and oxygen atoms in total. The number of hydrogen-bond acceptors (Lipinski definition) is 4. The quantitative estimate of drug-likeness (QED) is 0.498. The second kappa shape index (κ2) is 11.7. The van der Waals surface area contributed by atoms with Crippen LogP contribution in [0.25, 0.3) is 0 Å². The van der Waals surface area contributed by atoms with Crippen molar-refractivity contribution in [2.45, 2.75) is 76.6 Å². The highest BCUT2D eigenvalue weighted by atomic mass is 19.1. The Hall–Kier alpha value is -2.84. The van der Waals surface area contributed by atoms with Crippen molar-refractivity contribution in [3.63, 3.8) is 0 Å². The summed E-state index contributed by atoms with van der Waals surface area (Å²) in [7, 11) is 0. The van der Waals surface area contributed by atoms with Crippen molar-refractivity contribution < 1.29 is 23.5 Å². The summed E-state index contributed by atoms with van der Waals surface area (Å²) in [5.41, 5.74) is 6.94. The Labute approximate surface area is 217 Å². The van der Waals surface area contributed by atoms with E-state index >= 15 is 0 Å². The van der Waals surface area contributed by atoms with Gasteiger partial charge in [-0.25, -0.2) is 8.78 Å². The lowest BCUT2D eigenvalue weighted by Gasteiger charge is -2.40. The van der Waals surface area contributed by atoms with Crippen LogP contribution in [0.5, 0.6) is 0 Å². The summed E-state index contributed by atoms with van der Waals surface area (Å²) in [4.78, 5) is 28.6. The standard InChI is InChI=1S/C29H37F2N3O3/c1-18(2)13-27(35)29(37)33(17-24-25(30)7-4-8-26(24)31)11-12-34-22-9-10-23(34)16-21(15-22)19-5-3-6-20(14-19)28(32)36/h3-8,14,18,21-23,27,35H,9-13,15-17H2,1-2H3,(H2,32,36)/t21?,22-,23+,27-/m0/s1. The zero-order chi connectivity index (χ0) is 26.7. The molecule has 0 aliphatic carbocycles. The number of benzene rings is 2. The number of amides is 2. The molecule has 3 N–H and O–H groups in total. The minimum atomic E-state index is -1.21. The smallest absolute Gasteiger partial charge is 0.251 e. The molecule has 4 atom stereocenters. The summed E-state index contributed by atoms with van der Waals surface area (Å²) in [6.07, 6.45) is 3.03. The average molecular weight is 514 g/mol. The predicted molar refractivity (Wildman–Crippen MR) is 138 cm³/mol. The average Bonchev–Trinajstić information content (AvgIpc) is 3.09. The van der Waals surface area contributed by atoms with Crippen LogP contribution in [0, 0.1) is 17.6 Å². The molecular weight excluding hydrogens is 476 g/mol. The van der Waals surface area contributed by atoms with Gasteiger partial charge < -0.3 is 15.7 Å². The van der Waals surface area contributed by atoms with E-state index in [9.17, 15) is 23.5 Å². The molecule has 37 heavy (non-hydrogen) atoms. The first-order chi connectivity index (χ1) is 17.6. The van der Waals surface area contributed by atoms with E-state index in [1.54, 1.807) is 6.07 Å². The molecule has 0 saturated carbocycles. The fourth-order valence-electron chi connectivity index (χ4n) is 5.99. The molecule has 2 aliphatic heterocycles. The third kappa shape index (κ3) is 6.36. The van der Waals surface area contributed by atoms with Crippen molar-refractivity contribution in [3.05, 3.63) is 70.8 Å². The lowest BCUT2D eigenvalue weighted by Crippen LogP contribution is -2.48. The van der Waals surface area contributed by atoms with Crippen molar-refractivity contribution in [2.75, 3.05) is 13.1 Å². The minimum absolute atomic E-state index is 0.105. The highest BCUT2D eigenvalue weighted by Gasteiger charge is 2.41. The van der Waals surface area contributed by atoms with Crippen molar-refractivity contribution >= 4 is 11.8 Å². The largest absolute Gasteiger partial charge is 0.383 e. The van der Waals surface area contributed by atoms with Gasteiger partial charge in [-0.2, -0.15) is 0 Å². The molecular formula is C29H37F2N3O3. The van der Waals surface area contributed by atoms with Crippen LogP contribution in [0.3, 0.4) is 0 Å². The van der Waals surface area contributed by atoms with Crippen LogP contribution in [-0.4, -0.2) is 58.0 Å². The Kier molecular flexibility index (Phi) is 8.60. The molecule has 2 heterocycles. The minimum Gasteiger partial charge on any atom is -0.383 e. The number of primary amides is 1. The van der Waals surface area contributed by atoms with Gasteiger partial charge in [-0.3, -0.25) is 14.5 Å². The number of rotatable bonds is 10. The van der Waals surface area contributed by atoms with Crippen LogP contribution in [0.4, 0.5) is 8.78 Å². The van der Waals surface area contributed by atoms with Crippen LogP contribution in [0.1, 0.15) is 73.4 Å². The number of hydrogen-bond donors (Lipinski definition) is 2. The van der Waals surface area contributed by atoms with Crippen molar-refractivity contribution in [1.29, 1.82) is 0 Å². The highest BCUT2D eigenvalue weighted by Crippen LogP contribution is 2.43. The molecule has 2 aromatic carbocycles. The Morgan fingerprint density at radius 3 is 2.30 bits per heavy atom. The van der Waals surface area contributed by atoms with E-state index in [-0.39, 0.29) is 31.0 Å². The van der Waals surface area contributed by atoms with Gasteiger partial charge in [0, 0.05) is 36.3 Å². The number of nitrogens with two attached hydrogens (primary N) is 1. The first-order valence-electron chi connectivity index (χ1n) is 13.2. The summed E-state index contributed by atoms with van der Waals surface area (Å²) in [5.74, 6) is -1.90. The molecule has 0 aromatic heterocycles. The number of aliphatic hydroxyl groups is 1. The number of halogens is 2. The topological polar surface area (TPSA) is 86.9 Å². The summed E-state index contributed by atoms with van der Waals surface area (Å²) < 4.78 is 28.8. The Morgan fingerprint density at radius 1 is 1.08 bits per heavy atom. The number of aliphatic hydroxyl groups excluding tert-OH is 1. The van der Waals surface area contributed by atoms with Gasteiger partial charge in [-0.15, -0.1) is 0 Å². The number of nitrogens with zero attached hydrogens (tertiary/aromatic N) is 2. The van der Waals surface area contributed by atoms with E-state index in [1.807, 2.05) is 32.0 Å². The molecule has 2 saturated heterocycles. The molecule has 2 aliphatic rings. The van der Waals surface area contributed by atoms with Gasteiger partial charge in [-0.05, 0) is 73.8 Å². The van der Waals surface area contributed by atoms with Gasteiger partial charge >= 0.3 is 0 Å². The molecule has 2 fully saturated rings. The van der Waals surface area contributed by atoms with E-state index < -0.39 is 29.6 Å². The van der Waals surface area contributed by atoms with Gasteiger partial charge in [0.15, 0.2) is 0 Å². The normalized spacial score (nSPS) is 22.3. The third-order valence-electron chi connectivity index (χ3n) is 7.86. The van der Waals surface area contributed by atoms with Crippen LogP contribution in [-0.2, 0) is 11.3 Å². The molecule has 1 unspecified atom stereocenters. The lowest BCUT2D eigenvalue weighted by atomic mass is 9.84. The summed E-state index contributed by atoms with van der Waals surface area (Å²) >= 11 is 0. The zero-order valence-corrected chi connectivity index (χ0v) is 21.6. The fraction of sp³-hybridized carbons (Fsp3) is 0.517. The lowest BCUT2D eigenvalue weighted by molar-refractivity contribution is -0.142. The number of carbonyl (C=O) groups excluding carboxylic acids is 2. The second-order valence-corrected chi connectivity index (χ2v) is 10.9. The number of carbonyl (C=O) groups is 2. The first kappa shape index (κ1) is 27.2. The SMILES string of the molecule is CC(C)C[C@H](O)C(=O)N(CCN1[C@@H]2CC[C@H]1CC(c1cccc(C(N)=O)c1)C2)Cc1c(F)cccc1F. The molecule has 200 valence electrons. The molecule has 0 radical (unpaired) electrons. The van der Waals surface area contributed by atoms with E-state index in [0.29, 0.717) is 30.1 Å². The third-order valence-corrected chi connectivity index (χ3v) is 7.86. The summed E-state index contributed by atoms with van der Waals surface area (Å²) in [5, 5.41) is 10.5. The van der Waals surface area contributed by atoms with E-state index in [4.69, 9.17) is 5.73 Å². The van der Waals surface area contributed by atoms with E-state index in [1.165, 1.54) is 23.1 Å². The van der Waals surface area contributed by atoms with Crippen LogP contribution >= 0.6 is 0 Å². The molecule has 2 amide bonds. The van der Waals surface area contributed by atoms with Crippen LogP contribution in [0.2, 0.25) is 0 Å². The molecule has 8 heteroatoms. The monoisotopic (exact) mass is 513 g/mol. The van der Waals surface area contributed by atoms with Gasteiger partial charge in [0.1, 0.15) is 17.7 Å². The Balaban J connectivity index is 1.46. The molecule has 0 spiro atoms. The summed E-state index contributed by atoms with van der Waals surface area (Å²) in [6, 6.07) is 11.9. The number of piperidine rings is 1. The zero-order valence-electron chi connectivity index (χ0n) is 21.6. The van der Waals surface area contributed by atoms with Crippen molar-refractivity contribution in [3.8, 4) is 0 Å². The first-order valence-corrected chi connectivity index (χ1v) is 13.2. The number of fused-ring (bicyclic) bond motifs is 2. The fourth-order valence-corrected chi connectivity index (χ4v) is 5.99. The van der Waals surface area contributed by atoms with Gasteiger partial charge in [-0.1, -0.05) is 32.0 Å². The predicted octanol–water partition coefficient (Wildman–Crippen LogP) is 4.21. The Bertz CT molecular complexity index is 1090. The maximum atomic E-state index is 14.4. The maximum absolute atomic E-state index is 14.4. The Morgan fingerprint density at radius 2 is 1.70 bits per heavy atom. The van der Waals surface area contributed by atoms with E-state index in [2.05, 4.69) is 4.90 Å². The molecule has 4 rings (SSSR count). The summed E-state index contributed by atoms with van der Waals surface area (Å²) in [6.45, 7) is 4.45. The highest BCUT2D eigenvalue weighted by molar-refractivity contribution is 5.92. The van der Waals surface area contributed by atoms with E-state index in [0.717, 1.165) is 31.2 Å². The van der Waals surface area contributed by atoms with Crippen molar-refractivity contribution in [1.82, 2.24) is 9.80 Å². The second-order valence-electron chi connectivity index (χ2n) is 10.9.